The zero-order valence-electron chi connectivity index (χ0n) is 9.36. The van der Waals surface area contributed by atoms with E-state index < -0.39 is 8.80 Å². The van der Waals surface area contributed by atoms with E-state index in [0.717, 1.165) is 29.2 Å². The van der Waals surface area contributed by atoms with Crippen LogP contribution >= 0.6 is 22.9 Å². The van der Waals surface area contributed by atoms with Crippen LogP contribution in [0.5, 0.6) is 0 Å². The summed E-state index contributed by atoms with van der Waals surface area (Å²) in [6.45, 7) is 4.88. The Morgan fingerprint density at radius 3 is 2.18 bits per heavy atom. The predicted molar refractivity (Wildman–Crippen MR) is 69.0 cm³/mol. The van der Waals surface area contributed by atoms with E-state index in [1.54, 1.807) is 11.3 Å². The van der Waals surface area contributed by atoms with Crippen LogP contribution in [0, 0.1) is 0 Å². The lowest BCUT2D eigenvalue weighted by molar-refractivity contribution is 0.00188. The van der Waals surface area contributed by atoms with Gasteiger partial charge in [-0.3, -0.25) is 4.90 Å². The SMILES string of the molecule is Clc1csc([Si]23OCCN(CCO2)CCO3)c1. The minimum absolute atomic E-state index is 0.668. The fraction of sp³-hybridized carbons (Fsp3) is 0.600. The second-order valence-electron chi connectivity index (χ2n) is 4.07. The monoisotopic (exact) mass is 291 g/mol. The van der Waals surface area contributed by atoms with E-state index in [1.807, 2.05) is 11.4 Å². The van der Waals surface area contributed by atoms with Crippen LogP contribution in [0.3, 0.4) is 0 Å². The molecule has 0 radical (unpaired) electrons. The van der Waals surface area contributed by atoms with Crippen LogP contribution in [0.2, 0.25) is 5.02 Å². The molecule has 0 unspecified atom stereocenters. The molecule has 94 valence electrons. The molecule has 4 heterocycles. The lowest BCUT2D eigenvalue weighted by Gasteiger charge is -2.37. The van der Waals surface area contributed by atoms with Gasteiger partial charge in [0.05, 0.1) is 29.3 Å². The molecule has 3 aliphatic heterocycles. The van der Waals surface area contributed by atoms with Gasteiger partial charge in [0.1, 0.15) is 0 Å². The van der Waals surface area contributed by atoms with Crippen molar-refractivity contribution in [2.24, 2.45) is 0 Å². The van der Waals surface area contributed by atoms with Gasteiger partial charge in [-0.2, -0.15) is 0 Å². The first-order valence-electron chi connectivity index (χ1n) is 5.67. The Kier molecular flexibility index (Phi) is 3.53. The first-order valence-corrected chi connectivity index (χ1v) is 8.65. The number of hydrogen-bond acceptors (Lipinski definition) is 5. The van der Waals surface area contributed by atoms with Gasteiger partial charge >= 0.3 is 8.80 Å². The molecule has 17 heavy (non-hydrogen) atoms. The summed E-state index contributed by atoms with van der Waals surface area (Å²) < 4.78 is 18.9. The molecule has 1 aromatic heterocycles. The van der Waals surface area contributed by atoms with E-state index in [1.165, 1.54) is 0 Å². The van der Waals surface area contributed by atoms with Gasteiger partial charge in [-0.15, -0.1) is 11.3 Å². The topological polar surface area (TPSA) is 30.9 Å². The Morgan fingerprint density at radius 2 is 1.71 bits per heavy atom. The van der Waals surface area contributed by atoms with Crippen LogP contribution in [0.1, 0.15) is 0 Å². The van der Waals surface area contributed by atoms with Crippen molar-refractivity contribution < 1.29 is 13.3 Å². The molecule has 0 amide bonds. The summed E-state index contributed by atoms with van der Waals surface area (Å²) in [4.78, 5) is 2.30. The summed E-state index contributed by atoms with van der Waals surface area (Å²) in [6.07, 6.45) is 0. The average molecular weight is 292 g/mol. The lowest BCUT2D eigenvalue weighted by Crippen LogP contribution is -2.61. The van der Waals surface area contributed by atoms with E-state index in [-0.39, 0.29) is 0 Å². The van der Waals surface area contributed by atoms with Crippen LogP contribution in [-0.4, -0.2) is 53.2 Å². The molecular formula is C10H14ClNO3SSi. The molecule has 0 saturated carbocycles. The quantitative estimate of drug-likeness (QED) is 0.720. The number of fused-ring (bicyclic) bond motifs is 6. The Labute approximate surface area is 110 Å². The van der Waals surface area contributed by atoms with Gasteiger partial charge in [0.2, 0.25) is 0 Å². The van der Waals surface area contributed by atoms with Gasteiger partial charge < -0.3 is 13.3 Å². The Balaban J connectivity index is 1.91. The summed E-state index contributed by atoms with van der Waals surface area (Å²) in [6, 6.07) is 1.92. The van der Waals surface area contributed by atoms with Crippen molar-refractivity contribution in [3.05, 3.63) is 16.5 Å². The third-order valence-electron chi connectivity index (χ3n) is 2.97. The minimum atomic E-state index is -2.68. The highest BCUT2D eigenvalue weighted by atomic mass is 35.5. The summed E-state index contributed by atoms with van der Waals surface area (Å²) in [5.41, 5.74) is 0. The number of rotatable bonds is 1. The van der Waals surface area contributed by atoms with Crippen molar-refractivity contribution >= 4 is 36.2 Å². The maximum atomic E-state index is 5.98. The summed E-state index contributed by atoms with van der Waals surface area (Å²) in [5.74, 6) is 0. The van der Waals surface area contributed by atoms with Gasteiger partial charge in [0.25, 0.3) is 0 Å². The van der Waals surface area contributed by atoms with E-state index in [2.05, 4.69) is 4.90 Å². The first-order chi connectivity index (χ1) is 8.28. The van der Waals surface area contributed by atoms with Crippen LogP contribution < -0.4 is 4.50 Å². The summed E-state index contributed by atoms with van der Waals surface area (Å²) >= 11 is 7.55. The molecule has 0 aliphatic carbocycles. The average Bonchev–Trinajstić information content (AvgIpc) is 2.63. The molecule has 0 aromatic carbocycles. The molecule has 0 N–H and O–H groups in total. The molecule has 2 bridgehead atoms. The van der Waals surface area contributed by atoms with Gasteiger partial charge in [-0.05, 0) is 6.07 Å². The molecule has 0 spiro atoms. The Morgan fingerprint density at radius 1 is 1.12 bits per heavy atom. The molecule has 4 nitrogen and oxygen atoms in total. The third kappa shape index (κ3) is 2.44. The van der Waals surface area contributed by atoms with Crippen LogP contribution in [-0.2, 0) is 13.3 Å². The Bertz CT molecular complexity index is 376. The second kappa shape index (κ2) is 4.97. The lowest BCUT2D eigenvalue weighted by atomic mass is 10.4. The highest BCUT2D eigenvalue weighted by Crippen LogP contribution is 2.21. The standard InChI is InChI=1S/C10H14ClNO3SSi/c11-9-7-10(16-8-9)17-13-4-1-12(2-5-14-17)3-6-15-17/h7-8H,1-6H2. The highest BCUT2D eigenvalue weighted by molar-refractivity contribution is 7.23. The van der Waals surface area contributed by atoms with E-state index in [9.17, 15) is 0 Å². The maximum absolute atomic E-state index is 5.98. The molecule has 7 heteroatoms. The fourth-order valence-corrected chi connectivity index (χ4v) is 6.35. The maximum Gasteiger partial charge on any atom is 0.547 e. The second-order valence-corrected chi connectivity index (χ2v) is 8.30. The highest BCUT2D eigenvalue weighted by Gasteiger charge is 2.47. The largest absolute Gasteiger partial charge is 0.547 e. The van der Waals surface area contributed by atoms with Gasteiger partial charge in [0, 0.05) is 25.0 Å². The predicted octanol–water partition coefficient (Wildman–Crippen LogP) is 0.926. The van der Waals surface area contributed by atoms with Gasteiger partial charge in [-0.1, -0.05) is 11.6 Å². The minimum Gasteiger partial charge on any atom is -0.368 e. The number of halogens is 1. The summed E-state index contributed by atoms with van der Waals surface area (Å²) in [5, 5.41) is 2.63. The van der Waals surface area contributed by atoms with Crippen molar-refractivity contribution in [1.82, 2.24) is 4.90 Å². The van der Waals surface area contributed by atoms with Gasteiger partial charge in [0.15, 0.2) is 0 Å². The van der Waals surface area contributed by atoms with Crippen LogP contribution in [0.25, 0.3) is 0 Å². The van der Waals surface area contributed by atoms with Crippen molar-refractivity contribution in [2.75, 3.05) is 39.5 Å². The number of thiophene rings is 1. The van der Waals surface area contributed by atoms with E-state index >= 15 is 0 Å². The van der Waals surface area contributed by atoms with E-state index in [4.69, 9.17) is 24.9 Å². The normalized spacial score (nSPS) is 34.1. The molecule has 3 saturated heterocycles. The van der Waals surface area contributed by atoms with E-state index in [0.29, 0.717) is 19.8 Å². The third-order valence-corrected chi connectivity index (χ3v) is 7.66. The van der Waals surface area contributed by atoms with Crippen LogP contribution in [0.4, 0.5) is 0 Å². The first kappa shape index (κ1) is 12.1. The Hall–Kier alpha value is 0.0469. The molecule has 3 fully saturated rings. The van der Waals surface area contributed by atoms with Gasteiger partial charge in [-0.25, -0.2) is 0 Å². The fourth-order valence-electron chi connectivity index (χ4n) is 2.07. The van der Waals surface area contributed by atoms with Crippen molar-refractivity contribution in [3.63, 3.8) is 0 Å². The molecule has 4 rings (SSSR count). The molecular weight excluding hydrogens is 278 g/mol. The molecule has 3 aliphatic rings. The molecule has 1 aromatic rings. The number of hydrogen-bond donors (Lipinski definition) is 0. The van der Waals surface area contributed by atoms with Crippen LogP contribution in [0.15, 0.2) is 11.4 Å². The zero-order chi connectivity index (χ0) is 11.7. The molecule has 0 atom stereocenters. The number of nitrogens with zero attached hydrogens (tertiary/aromatic N) is 1. The van der Waals surface area contributed by atoms with Crippen molar-refractivity contribution in [1.29, 1.82) is 0 Å². The van der Waals surface area contributed by atoms with Crippen molar-refractivity contribution in [2.45, 2.75) is 0 Å². The zero-order valence-corrected chi connectivity index (χ0v) is 11.9. The summed E-state index contributed by atoms with van der Waals surface area (Å²) in [7, 11) is -2.68. The smallest absolute Gasteiger partial charge is 0.368 e. The van der Waals surface area contributed by atoms with Crippen molar-refractivity contribution in [3.8, 4) is 0 Å².